The van der Waals surface area contributed by atoms with Crippen molar-refractivity contribution in [1.82, 2.24) is 14.7 Å². The topological polar surface area (TPSA) is 58.4 Å². The van der Waals surface area contributed by atoms with Crippen molar-refractivity contribution in [2.45, 2.75) is 45.4 Å². The molecule has 2 aromatic rings. The van der Waals surface area contributed by atoms with Crippen molar-refractivity contribution in [3.8, 4) is 5.69 Å². The number of carbonyl (C=O) groups is 1. The molecular formula is C22H27Cl2N3O2. The first-order valence-corrected chi connectivity index (χ1v) is 10.8. The van der Waals surface area contributed by atoms with Crippen LogP contribution in [-0.4, -0.2) is 45.4 Å². The highest BCUT2D eigenvalue weighted by atomic mass is 35.5. The van der Waals surface area contributed by atoms with Crippen LogP contribution in [0.5, 0.6) is 0 Å². The third-order valence-electron chi connectivity index (χ3n) is 5.27. The summed E-state index contributed by atoms with van der Waals surface area (Å²) in [6.45, 7) is 4.62. The van der Waals surface area contributed by atoms with E-state index in [4.69, 9.17) is 33.1 Å². The molecule has 1 saturated heterocycles. The number of carboxylic acid groups (broad SMARTS) is 1. The standard InChI is InChI=1S/C20H23Cl2N3.C2H4O2/c21-18-8-7-16(13-19(18)22)25-20-6-4-5-15(17(20)14-23-25)9-12-24-10-2-1-3-11-24;1-2(3)4/h7-9,13-14H,1-6,10-12H2;1H3,(H,3,4)/b15-9+;. The first-order valence-electron chi connectivity index (χ1n) is 10.1. The van der Waals surface area contributed by atoms with Crippen LogP contribution < -0.4 is 0 Å². The van der Waals surface area contributed by atoms with E-state index in [2.05, 4.69) is 16.1 Å². The minimum absolute atomic E-state index is 0.570. The molecular weight excluding hydrogens is 409 g/mol. The van der Waals surface area contributed by atoms with Crippen molar-refractivity contribution in [3.05, 3.63) is 51.8 Å². The van der Waals surface area contributed by atoms with E-state index >= 15 is 0 Å². The number of aromatic nitrogens is 2. The summed E-state index contributed by atoms with van der Waals surface area (Å²) >= 11 is 12.2. The highest BCUT2D eigenvalue weighted by Gasteiger charge is 2.20. The smallest absolute Gasteiger partial charge is 0.300 e. The second-order valence-corrected chi connectivity index (χ2v) is 8.29. The maximum Gasteiger partial charge on any atom is 0.300 e. The fourth-order valence-electron chi connectivity index (χ4n) is 3.90. The van der Waals surface area contributed by atoms with Crippen LogP contribution in [0.15, 0.2) is 30.5 Å². The highest BCUT2D eigenvalue weighted by Crippen LogP contribution is 2.33. The lowest BCUT2D eigenvalue weighted by atomic mass is 9.92. The molecule has 1 aromatic heterocycles. The van der Waals surface area contributed by atoms with E-state index in [0.29, 0.717) is 10.0 Å². The molecule has 1 aromatic carbocycles. The molecule has 1 aliphatic carbocycles. The second kappa shape index (κ2) is 10.3. The predicted octanol–water partition coefficient (Wildman–Crippen LogP) is 5.48. The lowest BCUT2D eigenvalue weighted by molar-refractivity contribution is -0.134. The number of halogens is 2. The Morgan fingerprint density at radius 2 is 1.86 bits per heavy atom. The van der Waals surface area contributed by atoms with Gasteiger partial charge in [0.15, 0.2) is 0 Å². The van der Waals surface area contributed by atoms with Crippen LogP contribution in [0.3, 0.4) is 0 Å². The van der Waals surface area contributed by atoms with Gasteiger partial charge in [0.05, 0.1) is 27.6 Å². The first-order chi connectivity index (χ1) is 14.0. The van der Waals surface area contributed by atoms with Crippen LogP contribution in [0.4, 0.5) is 0 Å². The third-order valence-corrected chi connectivity index (χ3v) is 6.01. The van der Waals surface area contributed by atoms with Gasteiger partial charge < -0.3 is 5.11 Å². The number of rotatable bonds is 3. The first kappa shape index (κ1) is 21.9. The maximum atomic E-state index is 9.00. The van der Waals surface area contributed by atoms with Crippen LogP contribution in [0, 0.1) is 0 Å². The Morgan fingerprint density at radius 1 is 1.14 bits per heavy atom. The zero-order valence-corrected chi connectivity index (χ0v) is 18.2. The minimum Gasteiger partial charge on any atom is -0.481 e. The number of allylic oxidation sites excluding steroid dienone is 1. The summed E-state index contributed by atoms with van der Waals surface area (Å²) in [5, 5.41) is 13.2. The van der Waals surface area contributed by atoms with Crippen LogP contribution >= 0.6 is 23.2 Å². The molecule has 2 heterocycles. The average molecular weight is 436 g/mol. The van der Waals surface area contributed by atoms with Crippen molar-refractivity contribution in [1.29, 1.82) is 0 Å². The average Bonchev–Trinajstić information content (AvgIpc) is 3.14. The van der Waals surface area contributed by atoms with Gasteiger partial charge in [0.1, 0.15) is 0 Å². The van der Waals surface area contributed by atoms with Gasteiger partial charge in [0.25, 0.3) is 5.97 Å². The number of hydrogen-bond acceptors (Lipinski definition) is 3. The largest absolute Gasteiger partial charge is 0.481 e. The van der Waals surface area contributed by atoms with Gasteiger partial charge in [-0.2, -0.15) is 5.10 Å². The maximum absolute atomic E-state index is 9.00. The molecule has 4 rings (SSSR count). The summed E-state index contributed by atoms with van der Waals surface area (Å²) < 4.78 is 2.02. The molecule has 0 unspecified atom stereocenters. The molecule has 2 aliphatic rings. The Labute approximate surface area is 181 Å². The number of hydrogen-bond donors (Lipinski definition) is 1. The van der Waals surface area contributed by atoms with E-state index in [0.717, 1.165) is 32.0 Å². The van der Waals surface area contributed by atoms with Gasteiger partial charge in [-0.25, -0.2) is 4.68 Å². The van der Waals surface area contributed by atoms with Crippen LogP contribution in [0.2, 0.25) is 10.0 Å². The quantitative estimate of drug-likeness (QED) is 0.693. The van der Waals surface area contributed by atoms with Crippen LogP contribution in [-0.2, 0) is 11.2 Å². The van der Waals surface area contributed by atoms with Crippen LogP contribution in [0.25, 0.3) is 11.3 Å². The molecule has 7 heteroatoms. The lowest BCUT2D eigenvalue weighted by Gasteiger charge is -2.26. The SMILES string of the molecule is CC(=O)O.Clc1ccc(-n2ncc3c2CCC/C3=C\CN2CCCCC2)cc1Cl. The Balaban J connectivity index is 0.000000552. The Hall–Kier alpha value is -1.82. The van der Waals surface area contributed by atoms with E-state index in [1.54, 1.807) is 0 Å². The summed E-state index contributed by atoms with van der Waals surface area (Å²) in [4.78, 5) is 11.6. The number of aliphatic carboxylic acids is 1. The van der Waals surface area contributed by atoms with E-state index < -0.39 is 5.97 Å². The molecule has 0 saturated carbocycles. The summed E-state index contributed by atoms with van der Waals surface area (Å²) in [6.07, 6.45) is 11.9. The monoisotopic (exact) mass is 435 g/mol. The third kappa shape index (κ3) is 5.84. The number of nitrogens with zero attached hydrogens (tertiary/aromatic N) is 3. The molecule has 156 valence electrons. The van der Waals surface area contributed by atoms with Crippen molar-refractivity contribution >= 4 is 34.7 Å². The Kier molecular flexibility index (Phi) is 7.76. The van der Waals surface area contributed by atoms with Gasteiger partial charge in [0.2, 0.25) is 0 Å². The number of fused-ring (bicyclic) bond motifs is 1. The summed E-state index contributed by atoms with van der Waals surface area (Å²) in [7, 11) is 0. The lowest BCUT2D eigenvalue weighted by Crippen LogP contribution is -2.29. The summed E-state index contributed by atoms with van der Waals surface area (Å²) in [6, 6.07) is 5.71. The fourth-order valence-corrected chi connectivity index (χ4v) is 4.19. The predicted molar refractivity (Wildman–Crippen MR) is 118 cm³/mol. The number of piperidine rings is 1. The zero-order chi connectivity index (χ0) is 20.8. The van der Waals surface area contributed by atoms with Crippen molar-refractivity contribution in [2.24, 2.45) is 0 Å². The molecule has 0 atom stereocenters. The fraction of sp³-hybridized carbons (Fsp3) is 0.455. The normalized spacial score (nSPS) is 18.1. The van der Waals surface area contributed by atoms with Gasteiger partial charge in [-0.1, -0.05) is 35.7 Å². The Morgan fingerprint density at radius 3 is 2.55 bits per heavy atom. The summed E-state index contributed by atoms with van der Waals surface area (Å²) in [5.74, 6) is -0.833. The molecule has 1 N–H and O–H groups in total. The molecule has 0 amide bonds. The van der Waals surface area contributed by atoms with Gasteiger partial charge in [-0.05, 0) is 69.0 Å². The number of benzene rings is 1. The molecule has 29 heavy (non-hydrogen) atoms. The second-order valence-electron chi connectivity index (χ2n) is 7.48. The van der Waals surface area contributed by atoms with E-state index in [9.17, 15) is 0 Å². The Bertz CT molecular complexity index is 882. The van der Waals surface area contributed by atoms with E-state index in [1.165, 1.54) is 55.6 Å². The van der Waals surface area contributed by atoms with Gasteiger partial charge in [-0.3, -0.25) is 9.69 Å². The van der Waals surface area contributed by atoms with Gasteiger partial charge in [-0.15, -0.1) is 0 Å². The van der Waals surface area contributed by atoms with E-state index in [-0.39, 0.29) is 0 Å². The van der Waals surface area contributed by atoms with Gasteiger partial charge in [0, 0.05) is 19.0 Å². The highest BCUT2D eigenvalue weighted by molar-refractivity contribution is 6.42. The summed E-state index contributed by atoms with van der Waals surface area (Å²) in [5.41, 5.74) is 5.01. The number of carboxylic acids is 1. The molecule has 1 aliphatic heterocycles. The van der Waals surface area contributed by atoms with Crippen LogP contribution in [0.1, 0.15) is 50.3 Å². The van der Waals surface area contributed by atoms with E-state index in [1.807, 2.05) is 29.1 Å². The van der Waals surface area contributed by atoms with Crippen molar-refractivity contribution in [2.75, 3.05) is 19.6 Å². The van der Waals surface area contributed by atoms with Crippen molar-refractivity contribution < 1.29 is 9.90 Å². The van der Waals surface area contributed by atoms with Crippen molar-refractivity contribution in [3.63, 3.8) is 0 Å². The minimum atomic E-state index is -0.833. The molecule has 1 fully saturated rings. The molecule has 0 bridgehead atoms. The molecule has 0 radical (unpaired) electrons. The molecule has 5 nitrogen and oxygen atoms in total. The number of likely N-dealkylation sites (tertiary alicyclic amines) is 1. The zero-order valence-electron chi connectivity index (χ0n) is 16.7. The molecule has 0 spiro atoms. The van der Waals surface area contributed by atoms with Gasteiger partial charge >= 0.3 is 0 Å².